The standard InChI is InChI=1S/C5H9ClNOPS/c1-3-4-8-5(2)7(6)9-10/h2-4H2,1H3. The molecule has 0 radical (unpaired) electrons. The number of nitrogens with zero attached hydrogens (tertiary/aromatic N) is 1. The SMILES string of the molecule is C=C(OCCC)N(Cl)P=S. The molecule has 0 unspecified atom stereocenters. The molecule has 58 valence electrons. The minimum absolute atomic E-state index is 0.417. The molecule has 0 saturated heterocycles. The normalized spacial score (nSPS) is 9.40. The second-order valence-corrected chi connectivity index (χ2v) is 3.21. The van der Waals surface area contributed by atoms with E-state index in [0.29, 0.717) is 20.0 Å². The van der Waals surface area contributed by atoms with E-state index in [1.54, 1.807) is 0 Å². The fourth-order valence-corrected chi connectivity index (χ4v) is 0.789. The molecule has 0 aliphatic rings. The Morgan fingerprint density at radius 2 is 2.50 bits per heavy atom. The van der Waals surface area contributed by atoms with E-state index >= 15 is 0 Å². The first-order valence-electron chi connectivity index (χ1n) is 2.83. The van der Waals surface area contributed by atoms with E-state index in [1.807, 2.05) is 6.92 Å². The van der Waals surface area contributed by atoms with Gasteiger partial charge in [0, 0.05) is 11.8 Å². The molecule has 10 heavy (non-hydrogen) atoms. The van der Waals surface area contributed by atoms with Crippen molar-refractivity contribution in [3.8, 4) is 0 Å². The van der Waals surface area contributed by atoms with Gasteiger partial charge < -0.3 is 4.74 Å². The second-order valence-electron chi connectivity index (χ2n) is 1.58. The van der Waals surface area contributed by atoms with Crippen LogP contribution >= 0.6 is 19.3 Å². The maximum Gasteiger partial charge on any atom is 0.205 e. The Kier molecular flexibility index (Phi) is 5.99. The van der Waals surface area contributed by atoms with Crippen LogP contribution in [0, 0.1) is 0 Å². The van der Waals surface area contributed by atoms with Crippen molar-refractivity contribution in [3.63, 3.8) is 0 Å². The summed E-state index contributed by atoms with van der Waals surface area (Å²) in [6, 6.07) is 0. The van der Waals surface area contributed by atoms with Gasteiger partial charge >= 0.3 is 0 Å². The summed E-state index contributed by atoms with van der Waals surface area (Å²) in [5.74, 6) is 0.417. The molecule has 0 spiro atoms. The van der Waals surface area contributed by atoms with Gasteiger partial charge in [-0.05, 0) is 24.8 Å². The minimum atomic E-state index is 0.417. The van der Waals surface area contributed by atoms with Crippen molar-refractivity contribution in [1.82, 2.24) is 4.19 Å². The molecule has 0 amide bonds. The van der Waals surface area contributed by atoms with Gasteiger partial charge in [0.2, 0.25) is 5.88 Å². The van der Waals surface area contributed by atoms with Crippen LogP contribution in [-0.4, -0.2) is 10.8 Å². The third-order valence-corrected chi connectivity index (χ3v) is 2.29. The predicted molar refractivity (Wildman–Crippen MR) is 47.4 cm³/mol. The third-order valence-electron chi connectivity index (χ3n) is 0.750. The molecule has 0 fully saturated rings. The van der Waals surface area contributed by atoms with Crippen molar-refractivity contribution in [3.05, 3.63) is 12.5 Å². The smallest absolute Gasteiger partial charge is 0.205 e. The van der Waals surface area contributed by atoms with Crippen LogP contribution in [0.25, 0.3) is 0 Å². The van der Waals surface area contributed by atoms with Gasteiger partial charge in [0.25, 0.3) is 0 Å². The first kappa shape index (κ1) is 10.2. The molecule has 0 atom stereocenters. The largest absolute Gasteiger partial charge is 0.478 e. The second kappa shape index (κ2) is 5.90. The van der Waals surface area contributed by atoms with E-state index in [-0.39, 0.29) is 0 Å². The summed E-state index contributed by atoms with van der Waals surface area (Å²) in [5, 5.41) is 0. The number of hydrogen-bond donors (Lipinski definition) is 0. The van der Waals surface area contributed by atoms with E-state index in [4.69, 9.17) is 16.5 Å². The summed E-state index contributed by atoms with van der Waals surface area (Å²) in [6.07, 6.45) is 0.943. The zero-order valence-corrected chi connectivity index (χ0v) is 8.18. The molecule has 0 bridgehead atoms. The van der Waals surface area contributed by atoms with E-state index in [0.717, 1.165) is 6.42 Å². The maximum absolute atomic E-state index is 5.54. The summed E-state index contributed by atoms with van der Waals surface area (Å²) in [6.45, 7) is 6.20. The average Bonchev–Trinajstić information content (AvgIpc) is 1.98. The van der Waals surface area contributed by atoms with Gasteiger partial charge in [-0.2, -0.15) is 4.19 Å². The Balaban J connectivity index is 3.51. The molecular weight excluding hydrogens is 189 g/mol. The Labute approximate surface area is 72.8 Å². The molecule has 0 saturated carbocycles. The summed E-state index contributed by atoms with van der Waals surface area (Å²) in [5.41, 5.74) is 0. The lowest BCUT2D eigenvalue weighted by Gasteiger charge is -2.11. The van der Waals surface area contributed by atoms with Crippen LogP contribution in [0.3, 0.4) is 0 Å². The van der Waals surface area contributed by atoms with Crippen LogP contribution in [0.5, 0.6) is 0 Å². The first-order valence-corrected chi connectivity index (χ1v) is 5.03. The highest BCUT2D eigenvalue weighted by Gasteiger charge is 2.00. The highest BCUT2D eigenvalue weighted by atomic mass is 35.5. The molecule has 0 N–H and O–H groups in total. The Bertz CT molecular complexity index is 133. The Morgan fingerprint density at radius 3 is 2.90 bits per heavy atom. The molecule has 0 aromatic heterocycles. The van der Waals surface area contributed by atoms with Gasteiger partial charge in [-0.3, -0.25) is 0 Å². The lowest BCUT2D eigenvalue weighted by molar-refractivity contribution is 0.184. The van der Waals surface area contributed by atoms with Crippen molar-refractivity contribution in [2.24, 2.45) is 0 Å². The zero-order chi connectivity index (χ0) is 7.98. The monoisotopic (exact) mass is 197 g/mol. The summed E-state index contributed by atoms with van der Waals surface area (Å²) in [7, 11) is 0.511. The molecule has 0 rings (SSSR count). The molecule has 0 aliphatic heterocycles. The highest BCUT2D eigenvalue weighted by molar-refractivity contribution is 7.95. The van der Waals surface area contributed by atoms with E-state index in [2.05, 4.69) is 18.4 Å². The quantitative estimate of drug-likeness (QED) is 0.382. The van der Waals surface area contributed by atoms with Gasteiger partial charge in [0.1, 0.15) is 7.51 Å². The lowest BCUT2D eigenvalue weighted by Crippen LogP contribution is -2.01. The molecule has 2 nitrogen and oxygen atoms in total. The van der Waals surface area contributed by atoms with Crippen LogP contribution in [0.2, 0.25) is 0 Å². The van der Waals surface area contributed by atoms with Crippen molar-refractivity contribution < 1.29 is 4.74 Å². The predicted octanol–water partition coefficient (Wildman–Crippen LogP) is 2.66. The molecule has 0 aromatic rings. The van der Waals surface area contributed by atoms with Gasteiger partial charge in [-0.1, -0.05) is 6.92 Å². The van der Waals surface area contributed by atoms with Gasteiger partial charge in [0.05, 0.1) is 6.61 Å². The third kappa shape index (κ3) is 4.04. The maximum atomic E-state index is 5.54. The molecule has 5 heteroatoms. The van der Waals surface area contributed by atoms with Crippen molar-refractivity contribution in [2.75, 3.05) is 6.61 Å². The molecule has 0 aliphatic carbocycles. The van der Waals surface area contributed by atoms with E-state index in [1.165, 1.54) is 4.19 Å². The summed E-state index contributed by atoms with van der Waals surface area (Å²) < 4.78 is 6.31. The number of halogens is 1. The van der Waals surface area contributed by atoms with Crippen molar-refractivity contribution >= 4 is 31.1 Å². The fourth-order valence-electron chi connectivity index (χ4n) is 0.319. The first-order chi connectivity index (χ1) is 4.72. The topological polar surface area (TPSA) is 12.5 Å². The van der Waals surface area contributed by atoms with Crippen LogP contribution < -0.4 is 0 Å². The lowest BCUT2D eigenvalue weighted by atomic mass is 10.5. The van der Waals surface area contributed by atoms with Gasteiger partial charge in [-0.25, -0.2) is 0 Å². The van der Waals surface area contributed by atoms with E-state index < -0.39 is 0 Å². The summed E-state index contributed by atoms with van der Waals surface area (Å²) in [4.78, 5) is 0. The van der Waals surface area contributed by atoms with Crippen LogP contribution in [0.4, 0.5) is 0 Å². The summed E-state index contributed by atoms with van der Waals surface area (Å²) >= 11 is 10.2. The van der Waals surface area contributed by atoms with Crippen LogP contribution in [0.1, 0.15) is 13.3 Å². The fraction of sp³-hybridized carbons (Fsp3) is 0.600. The Morgan fingerprint density at radius 1 is 1.90 bits per heavy atom. The van der Waals surface area contributed by atoms with Crippen LogP contribution in [-0.2, 0) is 16.5 Å². The Hall–Kier alpha value is 0.150. The van der Waals surface area contributed by atoms with E-state index in [9.17, 15) is 0 Å². The molecular formula is C5H9ClNOPS. The van der Waals surface area contributed by atoms with Gasteiger partial charge in [0.15, 0.2) is 0 Å². The molecule has 0 heterocycles. The van der Waals surface area contributed by atoms with Crippen molar-refractivity contribution in [1.29, 1.82) is 0 Å². The zero-order valence-electron chi connectivity index (χ0n) is 5.71. The van der Waals surface area contributed by atoms with Gasteiger partial charge in [-0.15, -0.1) is 0 Å². The van der Waals surface area contributed by atoms with Crippen LogP contribution in [0.15, 0.2) is 12.5 Å². The minimum Gasteiger partial charge on any atom is -0.478 e. The van der Waals surface area contributed by atoms with Crippen molar-refractivity contribution in [2.45, 2.75) is 13.3 Å². The number of ether oxygens (including phenoxy) is 1. The number of hydrogen-bond acceptors (Lipinski definition) is 2. The molecule has 0 aromatic carbocycles. The highest BCUT2D eigenvalue weighted by Crippen LogP contribution is 2.17. The average molecular weight is 198 g/mol. The number of rotatable bonds is 5.